The minimum Gasteiger partial charge on any atom is -0.357 e. The van der Waals surface area contributed by atoms with Gasteiger partial charge in [0.05, 0.1) is 10.6 Å². The molecular weight excluding hydrogens is 522 g/mol. The lowest BCUT2D eigenvalue weighted by Gasteiger charge is -2.33. The second-order valence-electron chi connectivity index (χ2n) is 9.49. The largest absolute Gasteiger partial charge is 0.357 e. The molecule has 0 unspecified atom stereocenters. The monoisotopic (exact) mass is 555 g/mol. The van der Waals surface area contributed by atoms with Crippen molar-refractivity contribution in [3.63, 3.8) is 0 Å². The first-order valence-corrected chi connectivity index (χ1v) is 14.5. The number of anilines is 1. The summed E-state index contributed by atoms with van der Waals surface area (Å²) >= 11 is 0. The third kappa shape index (κ3) is 6.95. The van der Waals surface area contributed by atoms with Crippen LogP contribution in [-0.2, 0) is 32.6 Å². The van der Waals surface area contributed by atoms with Gasteiger partial charge in [0.2, 0.25) is 11.8 Å². The van der Waals surface area contributed by atoms with Crippen LogP contribution in [-0.4, -0.2) is 44.8 Å². The molecule has 4 aromatic carbocycles. The first-order chi connectivity index (χ1) is 19.3. The summed E-state index contributed by atoms with van der Waals surface area (Å²) in [6, 6.07) is 33.0. The molecule has 206 valence electrons. The van der Waals surface area contributed by atoms with Crippen LogP contribution in [0.5, 0.6) is 0 Å². The van der Waals surface area contributed by atoms with Crippen LogP contribution in [0.4, 0.5) is 5.69 Å². The van der Waals surface area contributed by atoms with Crippen molar-refractivity contribution < 1.29 is 18.0 Å². The van der Waals surface area contributed by atoms with Crippen LogP contribution in [0.2, 0.25) is 0 Å². The fraction of sp³-hybridized carbons (Fsp3) is 0.188. The van der Waals surface area contributed by atoms with Gasteiger partial charge in [-0.15, -0.1) is 0 Å². The van der Waals surface area contributed by atoms with E-state index in [9.17, 15) is 18.0 Å². The van der Waals surface area contributed by atoms with Crippen molar-refractivity contribution in [1.82, 2.24) is 10.2 Å². The van der Waals surface area contributed by atoms with Crippen molar-refractivity contribution in [3.05, 3.63) is 132 Å². The van der Waals surface area contributed by atoms with Crippen LogP contribution >= 0.6 is 0 Å². The van der Waals surface area contributed by atoms with Crippen LogP contribution in [0.25, 0.3) is 0 Å². The lowest BCUT2D eigenvalue weighted by Crippen LogP contribution is -2.53. The average Bonchev–Trinajstić information content (AvgIpc) is 2.99. The summed E-state index contributed by atoms with van der Waals surface area (Å²) in [7, 11) is -2.56. The summed E-state index contributed by atoms with van der Waals surface area (Å²) in [4.78, 5) is 28.9. The maximum Gasteiger partial charge on any atom is 0.264 e. The Kier molecular flexibility index (Phi) is 9.35. The number of aryl methyl sites for hydroxylation is 1. The van der Waals surface area contributed by atoms with Crippen molar-refractivity contribution in [2.24, 2.45) is 0 Å². The molecule has 7 nitrogen and oxygen atoms in total. The molecule has 4 aromatic rings. The van der Waals surface area contributed by atoms with E-state index in [0.29, 0.717) is 5.69 Å². The number of likely N-dealkylation sites (N-methyl/N-ethyl adjacent to an activating group) is 1. The maximum atomic E-state index is 14.2. The first-order valence-electron chi connectivity index (χ1n) is 13.0. The second-order valence-corrected chi connectivity index (χ2v) is 11.3. The number of carbonyl (C=O) groups is 2. The van der Waals surface area contributed by atoms with Gasteiger partial charge in [-0.1, -0.05) is 96.6 Å². The number of amides is 2. The SMILES string of the molecule is CNC(=O)[C@@H](Cc1ccccc1)N(Cc1ccccc1)C(=O)CN(c1ccc(C)cc1)S(=O)(=O)c1ccccc1. The minimum absolute atomic E-state index is 0.0742. The molecular formula is C32H33N3O4S. The molecule has 0 aliphatic heterocycles. The molecule has 0 radical (unpaired) electrons. The Balaban J connectivity index is 1.76. The van der Waals surface area contributed by atoms with Crippen LogP contribution in [0.3, 0.4) is 0 Å². The zero-order valence-corrected chi connectivity index (χ0v) is 23.4. The zero-order valence-electron chi connectivity index (χ0n) is 22.6. The highest BCUT2D eigenvalue weighted by Gasteiger charge is 2.34. The van der Waals surface area contributed by atoms with Gasteiger partial charge < -0.3 is 10.2 Å². The molecule has 8 heteroatoms. The van der Waals surface area contributed by atoms with Crippen LogP contribution in [0.15, 0.2) is 120 Å². The summed E-state index contributed by atoms with van der Waals surface area (Å²) < 4.78 is 28.8. The highest BCUT2D eigenvalue weighted by atomic mass is 32.2. The molecule has 0 heterocycles. The van der Waals surface area contributed by atoms with E-state index < -0.39 is 28.5 Å². The third-order valence-corrected chi connectivity index (χ3v) is 8.43. The van der Waals surface area contributed by atoms with Gasteiger partial charge in [-0.3, -0.25) is 13.9 Å². The molecule has 0 aliphatic carbocycles. The molecule has 0 saturated heterocycles. The Labute approximate surface area is 236 Å². The van der Waals surface area contributed by atoms with Crippen molar-refractivity contribution in [3.8, 4) is 0 Å². The third-order valence-electron chi connectivity index (χ3n) is 6.65. The van der Waals surface area contributed by atoms with Crippen molar-refractivity contribution in [2.45, 2.75) is 30.8 Å². The van der Waals surface area contributed by atoms with E-state index in [2.05, 4.69) is 5.32 Å². The van der Waals surface area contributed by atoms with Gasteiger partial charge in [0.15, 0.2) is 0 Å². The van der Waals surface area contributed by atoms with E-state index in [1.54, 1.807) is 42.5 Å². The molecule has 0 aliphatic rings. The first kappa shape index (κ1) is 28.6. The van der Waals surface area contributed by atoms with E-state index in [4.69, 9.17) is 0 Å². The molecule has 1 N–H and O–H groups in total. The maximum absolute atomic E-state index is 14.2. The number of nitrogens with one attached hydrogen (secondary N) is 1. The summed E-state index contributed by atoms with van der Waals surface area (Å²) in [5, 5.41) is 2.69. The van der Waals surface area contributed by atoms with E-state index in [1.165, 1.54) is 24.1 Å². The van der Waals surface area contributed by atoms with Gasteiger partial charge in [0.25, 0.3) is 10.0 Å². The van der Waals surface area contributed by atoms with Gasteiger partial charge in [0.1, 0.15) is 12.6 Å². The summed E-state index contributed by atoms with van der Waals surface area (Å²) in [6.45, 7) is 1.57. The zero-order chi connectivity index (χ0) is 28.5. The topological polar surface area (TPSA) is 86.8 Å². The summed E-state index contributed by atoms with van der Waals surface area (Å²) in [5.41, 5.74) is 3.03. The number of nitrogens with zero attached hydrogens (tertiary/aromatic N) is 2. The van der Waals surface area contributed by atoms with Gasteiger partial charge >= 0.3 is 0 Å². The number of benzene rings is 4. The number of carbonyl (C=O) groups excluding carboxylic acids is 2. The smallest absolute Gasteiger partial charge is 0.264 e. The molecule has 0 fully saturated rings. The van der Waals surface area contributed by atoms with Gasteiger partial charge in [-0.2, -0.15) is 0 Å². The van der Waals surface area contributed by atoms with Crippen LogP contribution < -0.4 is 9.62 Å². The fourth-order valence-electron chi connectivity index (χ4n) is 4.46. The summed E-state index contributed by atoms with van der Waals surface area (Å²) in [6.07, 6.45) is 0.273. The van der Waals surface area contributed by atoms with E-state index in [0.717, 1.165) is 21.0 Å². The quantitative estimate of drug-likeness (QED) is 0.294. The minimum atomic E-state index is -4.09. The highest BCUT2D eigenvalue weighted by Crippen LogP contribution is 2.25. The van der Waals surface area contributed by atoms with Gasteiger partial charge in [-0.05, 0) is 42.3 Å². The van der Waals surface area contributed by atoms with Crippen molar-refractivity contribution >= 4 is 27.5 Å². The van der Waals surface area contributed by atoms with Crippen LogP contribution in [0.1, 0.15) is 16.7 Å². The molecule has 2 amide bonds. The molecule has 0 spiro atoms. The number of sulfonamides is 1. The van der Waals surface area contributed by atoms with Gasteiger partial charge in [-0.25, -0.2) is 8.42 Å². The second kappa shape index (κ2) is 13.1. The Morgan fingerprint density at radius 1 is 0.750 bits per heavy atom. The van der Waals surface area contributed by atoms with E-state index in [-0.39, 0.29) is 23.8 Å². The molecule has 4 rings (SSSR count). The van der Waals surface area contributed by atoms with E-state index >= 15 is 0 Å². The lowest BCUT2D eigenvalue weighted by atomic mass is 10.0. The number of hydrogen-bond acceptors (Lipinski definition) is 4. The van der Waals surface area contributed by atoms with Crippen molar-refractivity contribution in [1.29, 1.82) is 0 Å². The Hall–Kier alpha value is -4.43. The standard InChI is InChI=1S/C32H33N3O4S/c1-25-18-20-28(21-19-25)35(40(38,39)29-16-10-5-11-17-29)24-31(36)34(23-27-14-8-4-9-15-27)30(32(37)33-2)22-26-12-6-3-7-13-26/h3-21,30H,22-24H2,1-2H3,(H,33,37)/t30-/m1/s1. The molecule has 1 atom stereocenters. The normalized spacial score (nSPS) is 11.8. The highest BCUT2D eigenvalue weighted by molar-refractivity contribution is 7.92. The lowest BCUT2D eigenvalue weighted by molar-refractivity contribution is -0.139. The Morgan fingerprint density at radius 3 is 1.82 bits per heavy atom. The molecule has 40 heavy (non-hydrogen) atoms. The molecule has 0 saturated carbocycles. The predicted octanol–water partition coefficient (Wildman–Crippen LogP) is 4.58. The predicted molar refractivity (Wildman–Crippen MR) is 157 cm³/mol. The van der Waals surface area contributed by atoms with Crippen LogP contribution in [0, 0.1) is 6.92 Å². The summed E-state index contributed by atoms with van der Waals surface area (Å²) in [5.74, 6) is -0.825. The molecule has 0 bridgehead atoms. The average molecular weight is 556 g/mol. The number of hydrogen-bond donors (Lipinski definition) is 1. The van der Waals surface area contributed by atoms with Crippen molar-refractivity contribution in [2.75, 3.05) is 17.9 Å². The fourth-order valence-corrected chi connectivity index (χ4v) is 5.90. The Bertz CT molecular complexity index is 1510. The molecule has 0 aromatic heterocycles. The van der Waals surface area contributed by atoms with Gasteiger partial charge in [0, 0.05) is 20.0 Å². The Morgan fingerprint density at radius 2 is 1.27 bits per heavy atom. The van der Waals surface area contributed by atoms with E-state index in [1.807, 2.05) is 67.6 Å². The number of rotatable bonds is 11.